The van der Waals surface area contributed by atoms with Gasteiger partial charge < -0.3 is 9.64 Å². The van der Waals surface area contributed by atoms with Crippen molar-refractivity contribution in [3.8, 4) is 6.01 Å². The van der Waals surface area contributed by atoms with E-state index in [9.17, 15) is 4.39 Å². The molecule has 0 fully saturated rings. The standard InChI is InChI=1S/C16H18ClFN4O/c1-3-22(2)11-20-15-14(18)10-19-16(21-15)23-9-8-12-4-6-13(17)7-5-12/h4-7,10-11H,3,8-9H2,1-2H3. The molecular weight excluding hydrogens is 319 g/mol. The molecule has 1 aromatic heterocycles. The number of halogens is 2. The number of ether oxygens (including phenoxy) is 1. The Balaban J connectivity index is 1.95. The van der Waals surface area contributed by atoms with Gasteiger partial charge in [-0.25, -0.2) is 14.4 Å². The summed E-state index contributed by atoms with van der Waals surface area (Å²) in [6.45, 7) is 3.11. The van der Waals surface area contributed by atoms with E-state index >= 15 is 0 Å². The molecule has 5 nitrogen and oxygen atoms in total. The molecule has 0 N–H and O–H groups in total. The molecule has 0 bridgehead atoms. The second kappa shape index (κ2) is 8.43. The van der Waals surface area contributed by atoms with Gasteiger partial charge >= 0.3 is 6.01 Å². The van der Waals surface area contributed by atoms with Crippen LogP contribution in [-0.2, 0) is 6.42 Å². The minimum atomic E-state index is -0.587. The predicted octanol–water partition coefficient (Wildman–Crippen LogP) is 3.50. The molecule has 23 heavy (non-hydrogen) atoms. The molecule has 0 unspecified atom stereocenters. The molecule has 7 heteroatoms. The number of rotatable bonds is 7. The molecule has 0 aliphatic rings. The molecule has 0 aliphatic carbocycles. The van der Waals surface area contributed by atoms with E-state index < -0.39 is 5.82 Å². The normalized spacial score (nSPS) is 11.0. The van der Waals surface area contributed by atoms with Crippen LogP contribution in [0.3, 0.4) is 0 Å². The van der Waals surface area contributed by atoms with E-state index in [2.05, 4.69) is 15.0 Å². The van der Waals surface area contributed by atoms with Gasteiger partial charge in [0.25, 0.3) is 0 Å². The van der Waals surface area contributed by atoms with E-state index in [4.69, 9.17) is 16.3 Å². The number of benzene rings is 1. The molecule has 0 radical (unpaired) electrons. The van der Waals surface area contributed by atoms with Crippen molar-refractivity contribution in [2.45, 2.75) is 13.3 Å². The smallest absolute Gasteiger partial charge is 0.318 e. The molecule has 0 amide bonds. The fourth-order valence-corrected chi connectivity index (χ4v) is 1.77. The van der Waals surface area contributed by atoms with Crippen molar-refractivity contribution in [1.82, 2.24) is 14.9 Å². The van der Waals surface area contributed by atoms with Gasteiger partial charge in [-0.1, -0.05) is 23.7 Å². The van der Waals surface area contributed by atoms with Crippen LogP contribution in [0.2, 0.25) is 5.02 Å². The zero-order valence-electron chi connectivity index (χ0n) is 13.0. The van der Waals surface area contributed by atoms with E-state index in [-0.39, 0.29) is 11.8 Å². The first-order valence-corrected chi connectivity index (χ1v) is 7.60. The molecule has 1 aromatic carbocycles. The van der Waals surface area contributed by atoms with Crippen molar-refractivity contribution in [3.63, 3.8) is 0 Å². The summed E-state index contributed by atoms with van der Waals surface area (Å²) in [4.78, 5) is 13.6. The van der Waals surface area contributed by atoms with Crippen LogP contribution in [-0.4, -0.2) is 41.4 Å². The van der Waals surface area contributed by atoms with E-state index in [0.29, 0.717) is 18.1 Å². The fourth-order valence-electron chi connectivity index (χ4n) is 1.65. The first-order valence-electron chi connectivity index (χ1n) is 7.22. The summed E-state index contributed by atoms with van der Waals surface area (Å²) in [7, 11) is 1.84. The lowest BCUT2D eigenvalue weighted by Gasteiger charge is -2.08. The van der Waals surface area contributed by atoms with Crippen LogP contribution in [0.4, 0.5) is 10.2 Å². The lowest BCUT2D eigenvalue weighted by atomic mass is 10.2. The number of hydrogen-bond donors (Lipinski definition) is 0. The van der Waals surface area contributed by atoms with Crippen molar-refractivity contribution < 1.29 is 9.13 Å². The predicted molar refractivity (Wildman–Crippen MR) is 89.1 cm³/mol. The highest BCUT2D eigenvalue weighted by Gasteiger charge is 2.07. The van der Waals surface area contributed by atoms with Crippen LogP contribution in [0.5, 0.6) is 6.01 Å². The number of aliphatic imine (C=N–C) groups is 1. The van der Waals surface area contributed by atoms with Crippen LogP contribution >= 0.6 is 11.6 Å². The highest BCUT2D eigenvalue weighted by Crippen LogP contribution is 2.16. The van der Waals surface area contributed by atoms with Gasteiger partial charge in [-0.15, -0.1) is 0 Å². The van der Waals surface area contributed by atoms with Gasteiger partial charge in [-0.05, 0) is 24.6 Å². The third-order valence-corrected chi connectivity index (χ3v) is 3.37. The molecule has 0 saturated carbocycles. The molecule has 0 spiro atoms. The molecule has 0 atom stereocenters. The Morgan fingerprint density at radius 3 is 2.78 bits per heavy atom. The van der Waals surface area contributed by atoms with Crippen molar-refractivity contribution in [1.29, 1.82) is 0 Å². The maximum atomic E-state index is 13.6. The first-order chi connectivity index (χ1) is 11.1. The van der Waals surface area contributed by atoms with E-state index in [1.54, 1.807) is 0 Å². The average Bonchev–Trinajstić information content (AvgIpc) is 2.56. The zero-order chi connectivity index (χ0) is 16.7. The lowest BCUT2D eigenvalue weighted by molar-refractivity contribution is 0.295. The average molecular weight is 337 g/mol. The molecular formula is C16H18ClFN4O. The zero-order valence-corrected chi connectivity index (χ0v) is 13.8. The van der Waals surface area contributed by atoms with E-state index in [1.165, 1.54) is 6.34 Å². The van der Waals surface area contributed by atoms with Crippen molar-refractivity contribution in [2.24, 2.45) is 4.99 Å². The molecule has 122 valence electrons. The van der Waals surface area contributed by atoms with Gasteiger partial charge in [0.1, 0.15) is 0 Å². The molecule has 1 heterocycles. The van der Waals surface area contributed by atoms with Crippen molar-refractivity contribution in [2.75, 3.05) is 20.2 Å². The Morgan fingerprint density at radius 2 is 2.09 bits per heavy atom. The second-order valence-corrected chi connectivity index (χ2v) is 5.30. The monoisotopic (exact) mass is 336 g/mol. The number of hydrogen-bond acceptors (Lipinski definition) is 4. The second-order valence-electron chi connectivity index (χ2n) is 4.87. The summed E-state index contributed by atoms with van der Waals surface area (Å²) in [6.07, 6.45) is 3.25. The van der Waals surface area contributed by atoms with Gasteiger partial charge in [-0.2, -0.15) is 4.98 Å². The van der Waals surface area contributed by atoms with Gasteiger partial charge in [0, 0.05) is 25.0 Å². The third-order valence-electron chi connectivity index (χ3n) is 3.11. The Hall–Kier alpha value is -2.21. The van der Waals surface area contributed by atoms with Crippen molar-refractivity contribution >= 4 is 23.8 Å². The minimum absolute atomic E-state index is 0.0400. The van der Waals surface area contributed by atoms with Crippen LogP contribution in [0.25, 0.3) is 0 Å². The summed E-state index contributed by atoms with van der Waals surface area (Å²) in [5.74, 6) is -0.627. The fraction of sp³-hybridized carbons (Fsp3) is 0.312. The summed E-state index contributed by atoms with van der Waals surface area (Å²) in [5.41, 5.74) is 1.08. The third kappa shape index (κ3) is 5.49. The quantitative estimate of drug-likeness (QED) is 0.573. The Labute approximate surface area is 139 Å². The van der Waals surface area contributed by atoms with Crippen LogP contribution in [0.15, 0.2) is 35.5 Å². The number of nitrogens with zero attached hydrogens (tertiary/aromatic N) is 4. The maximum absolute atomic E-state index is 13.6. The minimum Gasteiger partial charge on any atom is -0.463 e. The largest absolute Gasteiger partial charge is 0.463 e. The highest BCUT2D eigenvalue weighted by molar-refractivity contribution is 6.30. The Bertz CT molecular complexity index is 664. The van der Waals surface area contributed by atoms with Gasteiger partial charge in [0.05, 0.1) is 19.1 Å². The molecule has 2 aromatic rings. The number of aromatic nitrogens is 2. The molecule has 0 aliphatic heterocycles. The lowest BCUT2D eigenvalue weighted by Crippen LogP contribution is -2.14. The SMILES string of the molecule is CCN(C)C=Nc1nc(OCCc2ccc(Cl)cc2)ncc1F. The van der Waals surface area contributed by atoms with Crippen LogP contribution < -0.4 is 4.74 Å². The molecule has 2 rings (SSSR count). The van der Waals surface area contributed by atoms with E-state index in [0.717, 1.165) is 18.3 Å². The highest BCUT2D eigenvalue weighted by atomic mass is 35.5. The Kier molecular flexibility index (Phi) is 6.29. The van der Waals surface area contributed by atoms with Gasteiger partial charge in [0.15, 0.2) is 11.6 Å². The van der Waals surface area contributed by atoms with Crippen molar-refractivity contribution in [3.05, 3.63) is 46.9 Å². The first kappa shape index (κ1) is 17.1. The van der Waals surface area contributed by atoms with Crippen LogP contribution in [0, 0.1) is 5.82 Å². The summed E-state index contributed by atoms with van der Waals surface area (Å²) >= 11 is 5.83. The van der Waals surface area contributed by atoms with E-state index in [1.807, 2.05) is 43.1 Å². The summed E-state index contributed by atoms with van der Waals surface area (Å²) in [6, 6.07) is 7.60. The van der Waals surface area contributed by atoms with Gasteiger partial charge in [0.2, 0.25) is 0 Å². The summed E-state index contributed by atoms with van der Waals surface area (Å²) in [5, 5.41) is 0.691. The Morgan fingerprint density at radius 1 is 1.35 bits per heavy atom. The van der Waals surface area contributed by atoms with Crippen LogP contribution in [0.1, 0.15) is 12.5 Å². The van der Waals surface area contributed by atoms with Gasteiger partial charge in [-0.3, -0.25) is 0 Å². The molecule has 0 saturated heterocycles. The summed E-state index contributed by atoms with van der Waals surface area (Å²) < 4.78 is 19.1. The topological polar surface area (TPSA) is 50.6 Å². The maximum Gasteiger partial charge on any atom is 0.318 e.